The molecule has 1 amide bonds. The Morgan fingerprint density at radius 1 is 1.21 bits per heavy atom. The maximum absolute atomic E-state index is 14.6. The molecule has 4 rings (SSSR count). The SMILES string of the molecule is O=C(Cc1ccc2c(c1)OCO2)Nc1ccc2c(c1F)CCNC2. The summed E-state index contributed by atoms with van der Waals surface area (Å²) in [6.45, 7) is 1.61. The topological polar surface area (TPSA) is 59.6 Å². The molecule has 0 unspecified atom stereocenters. The van der Waals surface area contributed by atoms with Gasteiger partial charge in [-0.1, -0.05) is 12.1 Å². The Kier molecular flexibility index (Phi) is 3.82. The lowest BCUT2D eigenvalue weighted by molar-refractivity contribution is -0.115. The van der Waals surface area contributed by atoms with Crippen molar-refractivity contribution in [1.82, 2.24) is 5.32 Å². The molecule has 6 heteroatoms. The van der Waals surface area contributed by atoms with Gasteiger partial charge in [0, 0.05) is 6.54 Å². The van der Waals surface area contributed by atoms with Gasteiger partial charge >= 0.3 is 0 Å². The maximum Gasteiger partial charge on any atom is 0.231 e. The van der Waals surface area contributed by atoms with Gasteiger partial charge in [0.25, 0.3) is 0 Å². The molecule has 0 aliphatic carbocycles. The molecule has 5 nitrogen and oxygen atoms in total. The number of hydrogen-bond donors (Lipinski definition) is 2. The lowest BCUT2D eigenvalue weighted by Crippen LogP contribution is -2.25. The third-order valence-electron chi connectivity index (χ3n) is 4.28. The van der Waals surface area contributed by atoms with Gasteiger partial charge in [-0.2, -0.15) is 0 Å². The maximum atomic E-state index is 14.6. The second-order valence-corrected chi connectivity index (χ2v) is 5.90. The van der Waals surface area contributed by atoms with Gasteiger partial charge in [0.05, 0.1) is 12.1 Å². The highest BCUT2D eigenvalue weighted by atomic mass is 19.1. The van der Waals surface area contributed by atoms with Gasteiger partial charge in [-0.25, -0.2) is 4.39 Å². The summed E-state index contributed by atoms with van der Waals surface area (Å²) in [5.41, 5.74) is 2.67. The Morgan fingerprint density at radius 2 is 2.08 bits per heavy atom. The highest BCUT2D eigenvalue weighted by Crippen LogP contribution is 2.32. The van der Waals surface area contributed by atoms with Crippen molar-refractivity contribution >= 4 is 11.6 Å². The fraction of sp³-hybridized carbons (Fsp3) is 0.278. The number of halogens is 1. The van der Waals surface area contributed by atoms with Crippen molar-refractivity contribution in [3.63, 3.8) is 0 Å². The molecule has 0 radical (unpaired) electrons. The first kappa shape index (κ1) is 15.0. The van der Waals surface area contributed by atoms with Gasteiger partial charge in [0.2, 0.25) is 12.7 Å². The molecule has 0 fully saturated rings. The van der Waals surface area contributed by atoms with Crippen molar-refractivity contribution < 1.29 is 18.7 Å². The molecule has 2 aromatic rings. The van der Waals surface area contributed by atoms with Crippen LogP contribution in [0.2, 0.25) is 0 Å². The van der Waals surface area contributed by atoms with E-state index in [4.69, 9.17) is 9.47 Å². The number of hydrogen-bond acceptors (Lipinski definition) is 4. The van der Waals surface area contributed by atoms with Crippen LogP contribution in [0.5, 0.6) is 11.5 Å². The van der Waals surface area contributed by atoms with Crippen molar-refractivity contribution in [1.29, 1.82) is 0 Å². The molecule has 0 bridgehead atoms. The number of carbonyl (C=O) groups excluding carboxylic acids is 1. The number of ether oxygens (including phenoxy) is 2. The Labute approximate surface area is 138 Å². The van der Waals surface area contributed by atoms with E-state index in [9.17, 15) is 9.18 Å². The molecule has 0 saturated heterocycles. The Morgan fingerprint density at radius 3 is 3.00 bits per heavy atom. The molecule has 0 atom stereocenters. The average Bonchev–Trinajstić information content (AvgIpc) is 3.05. The standard InChI is InChI=1S/C18H17FN2O3/c19-18-13-5-6-20-9-12(13)2-3-14(18)21-17(22)8-11-1-4-15-16(7-11)24-10-23-15/h1-4,7,20H,5-6,8-10H2,(H,21,22). The monoisotopic (exact) mass is 328 g/mol. The largest absolute Gasteiger partial charge is 0.454 e. The number of amides is 1. The van der Waals surface area contributed by atoms with Crippen LogP contribution in [0, 0.1) is 5.82 Å². The van der Waals surface area contributed by atoms with Crippen LogP contribution in [0.15, 0.2) is 30.3 Å². The number of fused-ring (bicyclic) bond motifs is 2. The summed E-state index contributed by atoms with van der Waals surface area (Å²) >= 11 is 0. The molecule has 0 aromatic heterocycles. The van der Waals surface area contributed by atoms with Crippen LogP contribution in [-0.4, -0.2) is 19.2 Å². The molecule has 0 saturated carbocycles. The summed E-state index contributed by atoms with van der Waals surface area (Å²) in [6.07, 6.45) is 0.780. The number of nitrogens with one attached hydrogen (secondary N) is 2. The van der Waals surface area contributed by atoms with Crippen LogP contribution in [0.1, 0.15) is 16.7 Å². The number of anilines is 1. The molecular formula is C18H17FN2O3. The lowest BCUT2D eigenvalue weighted by Gasteiger charge is -2.19. The fourth-order valence-electron chi connectivity index (χ4n) is 3.06. The first-order chi connectivity index (χ1) is 11.7. The van der Waals surface area contributed by atoms with Gasteiger partial charge in [-0.3, -0.25) is 4.79 Å². The minimum absolute atomic E-state index is 0.148. The Bertz CT molecular complexity index is 807. The second-order valence-electron chi connectivity index (χ2n) is 5.90. The summed E-state index contributed by atoms with van der Waals surface area (Å²) < 4.78 is 25.1. The summed E-state index contributed by atoms with van der Waals surface area (Å²) in [6, 6.07) is 8.84. The number of carbonyl (C=O) groups is 1. The Balaban J connectivity index is 1.48. The molecule has 2 heterocycles. The van der Waals surface area contributed by atoms with E-state index in [1.165, 1.54) is 0 Å². The molecule has 0 spiro atoms. The van der Waals surface area contributed by atoms with Gasteiger partial charge in [0.15, 0.2) is 11.5 Å². The van der Waals surface area contributed by atoms with Crippen LogP contribution in [0.4, 0.5) is 10.1 Å². The smallest absolute Gasteiger partial charge is 0.231 e. The molecular weight excluding hydrogens is 311 g/mol. The highest BCUT2D eigenvalue weighted by Gasteiger charge is 2.18. The quantitative estimate of drug-likeness (QED) is 0.908. The van der Waals surface area contributed by atoms with E-state index in [-0.39, 0.29) is 30.6 Å². The number of benzene rings is 2. The molecule has 24 heavy (non-hydrogen) atoms. The molecule has 124 valence electrons. The van der Waals surface area contributed by atoms with Crippen molar-refractivity contribution in [2.24, 2.45) is 0 Å². The molecule has 2 N–H and O–H groups in total. The van der Waals surface area contributed by atoms with Gasteiger partial charge in [-0.15, -0.1) is 0 Å². The van der Waals surface area contributed by atoms with Crippen LogP contribution in [0.3, 0.4) is 0 Å². The lowest BCUT2D eigenvalue weighted by atomic mass is 9.99. The Hall–Kier alpha value is -2.60. The minimum Gasteiger partial charge on any atom is -0.454 e. The van der Waals surface area contributed by atoms with E-state index in [1.54, 1.807) is 18.2 Å². The normalized spacial score (nSPS) is 15.0. The predicted molar refractivity (Wildman–Crippen MR) is 86.7 cm³/mol. The zero-order valence-corrected chi connectivity index (χ0v) is 13.0. The van der Waals surface area contributed by atoms with E-state index in [2.05, 4.69) is 10.6 Å². The molecule has 2 aliphatic rings. The summed E-state index contributed by atoms with van der Waals surface area (Å²) in [5.74, 6) is 0.718. The van der Waals surface area contributed by atoms with E-state index in [0.717, 1.165) is 17.7 Å². The van der Waals surface area contributed by atoms with Crippen molar-refractivity contribution in [2.75, 3.05) is 18.7 Å². The molecule has 2 aliphatic heterocycles. The van der Waals surface area contributed by atoms with Crippen LogP contribution >= 0.6 is 0 Å². The van der Waals surface area contributed by atoms with Gasteiger partial charge < -0.3 is 20.1 Å². The number of rotatable bonds is 3. The summed E-state index contributed by atoms with van der Waals surface area (Å²) in [5, 5.41) is 5.88. The minimum atomic E-state index is -0.326. The zero-order valence-electron chi connectivity index (χ0n) is 13.0. The van der Waals surface area contributed by atoms with E-state index in [1.807, 2.05) is 12.1 Å². The van der Waals surface area contributed by atoms with E-state index in [0.29, 0.717) is 30.0 Å². The molecule has 2 aromatic carbocycles. The second kappa shape index (κ2) is 6.13. The fourth-order valence-corrected chi connectivity index (χ4v) is 3.06. The van der Waals surface area contributed by atoms with Gasteiger partial charge in [-0.05, 0) is 47.9 Å². The van der Waals surface area contributed by atoms with Crippen molar-refractivity contribution in [3.05, 3.63) is 52.8 Å². The van der Waals surface area contributed by atoms with Crippen LogP contribution < -0.4 is 20.1 Å². The summed E-state index contributed by atoms with van der Waals surface area (Å²) in [4.78, 5) is 12.2. The zero-order chi connectivity index (χ0) is 16.5. The van der Waals surface area contributed by atoms with E-state index < -0.39 is 0 Å². The van der Waals surface area contributed by atoms with Crippen molar-refractivity contribution in [2.45, 2.75) is 19.4 Å². The first-order valence-corrected chi connectivity index (χ1v) is 7.90. The van der Waals surface area contributed by atoms with Crippen LogP contribution in [-0.2, 0) is 24.2 Å². The highest BCUT2D eigenvalue weighted by molar-refractivity contribution is 5.92. The third kappa shape index (κ3) is 2.80. The first-order valence-electron chi connectivity index (χ1n) is 7.90. The van der Waals surface area contributed by atoms with Gasteiger partial charge in [0.1, 0.15) is 5.82 Å². The third-order valence-corrected chi connectivity index (χ3v) is 4.28. The van der Waals surface area contributed by atoms with Crippen LogP contribution in [0.25, 0.3) is 0 Å². The average molecular weight is 328 g/mol. The predicted octanol–water partition coefficient (Wildman–Crippen LogP) is 2.38. The van der Waals surface area contributed by atoms with E-state index >= 15 is 0 Å². The summed E-state index contributed by atoms with van der Waals surface area (Å²) in [7, 11) is 0. The van der Waals surface area contributed by atoms with Crippen molar-refractivity contribution in [3.8, 4) is 11.5 Å².